The van der Waals surface area contributed by atoms with E-state index in [-0.39, 0.29) is 12.1 Å². The Labute approximate surface area is 156 Å². The van der Waals surface area contributed by atoms with Gasteiger partial charge in [0.2, 0.25) is 0 Å². The van der Waals surface area contributed by atoms with Gasteiger partial charge in [0.25, 0.3) is 5.91 Å². The third-order valence-electron chi connectivity index (χ3n) is 4.69. The summed E-state index contributed by atoms with van der Waals surface area (Å²) in [6, 6.07) is 12.5. The fourth-order valence-electron chi connectivity index (χ4n) is 3.41. The van der Waals surface area contributed by atoms with Crippen LogP contribution in [0.15, 0.2) is 48.5 Å². The molecule has 0 aromatic heterocycles. The van der Waals surface area contributed by atoms with Crippen molar-refractivity contribution in [3.05, 3.63) is 65.2 Å². The number of ether oxygens (including phenoxy) is 2. The predicted molar refractivity (Wildman–Crippen MR) is 95.6 cm³/mol. The zero-order valence-electron chi connectivity index (χ0n) is 14.9. The molecule has 0 saturated carbocycles. The second kappa shape index (κ2) is 7.49. The number of carboxylic acids is 1. The summed E-state index contributed by atoms with van der Waals surface area (Å²) in [5, 5.41) is 9.93. The molecular weight excluding hydrogens is 350 g/mol. The molecule has 0 radical (unpaired) electrons. The number of benzene rings is 2. The van der Waals surface area contributed by atoms with E-state index in [0.29, 0.717) is 16.9 Å². The minimum absolute atomic E-state index is 0.276. The quantitative estimate of drug-likeness (QED) is 0.813. The summed E-state index contributed by atoms with van der Waals surface area (Å²) in [7, 11) is 2.75. The lowest BCUT2D eigenvalue weighted by molar-refractivity contribution is -0.145. The third kappa shape index (κ3) is 3.36. The Balaban J connectivity index is 2.17. The molecule has 0 saturated heterocycles. The van der Waals surface area contributed by atoms with Crippen LogP contribution in [0.4, 0.5) is 0 Å². The molecule has 7 heteroatoms. The van der Waals surface area contributed by atoms with Crippen LogP contribution in [0.5, 0.6) is 5.75 Å². The van der Waals surface area contributed by atoms with Gasteiger partial charge in [-0.25, -0.2) is 0 Å². The van der Waals surface area contributed by atoms with Gasteiger partial charge in [-0.15, -0.1) is 0 Å². The van der Waals surface area contributed by atoms with Crippen molar-refractivity contribution in [2.45, 2.75) is 12.0 Å². The molecule has 3 rings (SSSR count). The van der Waals surface area contributed by atoms with Crippen LogP contribution < -0.4 is 4.74 Å². The van der Waals surface area contributed by atoms with Crippen molar-refractivity contribution in [1.82, 2.24) is 4.90 Å². The molecule has 1 amide bonds. The van der Waals surface area contributed by atoms with Crippen molar-refractivity contribution in [3.8, 4) is 5.75 Å². The number of esters is 1. The van der Waals surface area contributed by atoms with E-state index in [4.69, 9.17) is 9.47 Å². The van der Waals surface area contributed by atoms with E-state index in [1.165, 1.54) is 19.1 Å². The fraction of sp³-hybridized carbons (Fsp3) is 0.250. The summed E-state index contributed by atoms with van der Waals surface area (Å²) in [5.74, 6) is -2.52. The monoisotopic (exact) mass is 369 g/mol. The van der Waals surface area contributed by atoms with E-state index in [9.17, 15) is 19.5 Å². The zero-order chi connectivity index (χ0) is 19.6. The number of hydrogen-bond acceptors (Lipinski definition) is 5. The van der Waals surface area contributed by atoms with Crippen molar-refractivity contribution in [2.75, 3.05) is 20.8 Å². The first-order valence-electron chi connectivity index (χ1n) is 8.31. The normalized spacial score (nSPS) is 18.6. The second-order valence-corrected chi connectivity index (χ2v) is 6.13. The first kappa shape index (κ1) is 18.4. The topological polar surface area (TPSA) is 93.1 Å². The van der Waals surface area contributed by atoms with Crippen LogP contribution in [0, 0.1) is 0 Å². The highest BCUT2D eigenvalue weighted by atomic mass is 16.5. The first-order chi connectivity index (χ1) is 13.0. The first-order valence-corrected chi connectivity index (χ1v) is 8.31. The molecule has 0 unspecified atom stereocenters. The van der Waals surface area contributed by atoms with Crippen molar-refractivity contribution in [3.63, 3.8) is 0 Å². The van der Waals surface area contributed by atoms with Gasteiger partial charge < -0.3 is 19.5 Å². The molecule has 0 fully saturated rings. The van der Waals surface area contributed by atoms with E-state index < -0.39 is 29.8 Å². The van der Waals surface area contributed by atoms with Crippen LogP contribution in [0.25, 0.3) is 0 Å². The lowest BCUT2D eigenvalue weighted by Crippen LogP contribution is -2.47. The number of fused-ring (bicyclic) bond motifs is 1. The minimum Gasteiger partial charge on any atom is -0.497 e. The second-order valence-electron chi connectivity index (χ2n) is 6.13. The SMILES string of the molecule is COC(=O)CN1C(=O)c2ccccc2[C@@H](C(=O)O)[C@@H]1c1ccc(OC)cc1. The largest absolute Gasteiger partial charge is 0.497 e. The Hall–Kier alpha value is -3.35. The van der Waals surface area contributed by atoms with E-state index >= 15 is 0 Å². The van der Waals surface area contributed by atoms with E-state index in [0.717, 1.165) is 0 Å². The Morgan fingerprint density at radius 3 is 2.33 bits per heavy atom. The number of carbonyl (C=O) groups is 3. The van der Waals surface area contributed by atoms with Crippen molar-refractivity contribution >= 4 is 17.8 Å². The van der Waals surface area contributed by atoms with Gasteiger partial charge in [0.1, 0.15) is 18.2 Å². The average Bonchev–Trinajstić information content (AvgIpc) is 2.69. The molecule has 2 aromatic rings. The molecule has 2 atom stereocenters. The van der Waals surface area contributed by atoms with Gasteiger partial charge in [-0.3, -0.25) is 14.4 Å². The molecule has 1 N–H and O–H groups in total. The zero-order valence-corrected chi connectivity index (χ0v) is 14.9. The number of hydrogen-bond donors (Lipinski definition) is 1. The molecule has 27 heavy (non-hydrogen) atoms. The molecule has 140 valence electrons. The van der Waals surface area contributed by atoms with Gasteiger partial charge in [0.05, 0.1) is 20.3 Å². The summed E-state index contributed by atoms with van der Waals surface area (Å²) in [5.41, 5.74) is 1.30. The summed E-state index contributed by atoms with van der Waals surface area (Å²) in [4.78, 5) is 38.4. The third-order valence-corrected chi connectivity index (χ3v) is 4.69. The van der Waals surface area contributed by atoms with Crippen molar-refractivity contribution in [1.29, 1.82) is 0 Å². The Bertz CT molecular complexity index is 876. The Morgan fingerprint density at radius 2 is 1.74 bits per heavy atom. The van der Waals surface area contributed by atoms with Gasteiger partial charge in [0.15, 0.2) is 0 Å². The fourth-order valence-corrected chi connectivity index (χ4v) is 3.41. The van der Waals surface area contributed by atoms with Crippen molar-refractivity contribution in [2.24, 2.45) is 0 Å². The summed E-state index contributed by atoms with van der Waals surface area (Å²) < 4.78 is 9.85. The lowest BCUT2D eigenvalue weighted by Gasteiger charge is -2.40. The highest BCUT2D eigenvalue weighted by Gasteiger charge is 2.44. The van der Waals surface area contributed by atoms with Gasteiger partial charge in [-0.2, -0.15) is 0 Å². The van der Waals surface area contributed by atoms with Gasteiger partial charge in [-0.1, -0.05) is 30.3 Å². The van der Waals surface area contributed by atoms with E-state index in [1.807, 2.05) is 0 Å². The number of carbonyl (C=O) groups excluding carboxylic acids is 2. The van der Waals surface area contributed by atoms with Gasteiger partial charge in [0, 0.05) is 5.56 Å². The van der Waals surface area contributed by atoms with Crippen LogP contribution in [-0.2, 0) is 14.3 Å². The molecule has 1 heterocycles. The Kier molecular flexibility index (Phi) is 5.12. The predicted octanol–water partition coefficient (Wildman–Crippen LogP) is 2.23. The molecule has 0 spiro atoms. The molecular formula is C20H19NO6. The summed E-state index contributed by atoms with van der Waals surface area (Å²) in [6.07, 6.45) is 0. The van der Waals surface area contributed by atoms with E-state index in [1.54, 1.807) is 48.5 Å². The molecule has 0 bridgehead atoms. The standard InChI is InChI=1S/C20H19NO6/c1-26-13-9-7-12(8-10-13)18-17(20(24)25)14-5-3-4-6-15(14)19(23)21(18)11-16(22)27-2/h3-10,17-18H,11H2,1-2H3,(H,24,25)/t17-,18+/m1/s1. The van der Waals surface area contributed by atoms with Gasteiger partial charge in [-0.05, 0) is 29.3 Å². The average molecular weight is 369 g/mol. The highest BCUT2D eigenvalue weighted by molar-refractivity contribution is 6.01. The minimum atomic E-state index is -1.08. The molecule has 2 aromatic carbocycles. The van der Waals surface area contributed by atoms with Crippen LogP contribution in [0.1, 0.15) is 33.4 Å². The number of nitrogens with zero attached hydrogens (tertiary/aromatic N) is 1. The maximum absolute atomic E-state index is 13.0. The maximum Gasteiger partial charge on any atom is 0.325 e. The van der Waals surface area contributed by atoms with E-state index in [2.05, 4.69) is 0 Å². The van der Waals surface area contributed by atoms with Crippen LogP contribution in [0.3, 0.4) is 0 Å². The maximum atomic E-state index is 13.0. The molecule has 0 aliphatic carbocycles. The highest BCUT2D eigenvalue weighted by Crippen LogP contribution is 2.43. The molecule has 1 aliphatic heterocycles. The number of amides is 1. The molecule has 7 nitrogen and oxygen atoms in total. The van der Waals surface area contributed by atoms with Crippen molar-refractivity contribution < 1.29 is 29.0 Å². The van der Waals surface area contributed by atoms with Gasteiger partial charge >= 0.3 is 11.9 Å². The number of aliphatic carboxylic acids is 1. The number of methoxy groups -OCH3 is 2. The smallest absolute Gasteiger partial charge is 0.325 e. The number of carboxylic acid groups (broad SMARTS) is 1. The van der Waals surface area contributed by atoms with Crippen LogP contribution >= 0.6 is 0 Å². The Morgan fingerprint density at radius 1 is 1.07 bits per heavy atom. The lowest BCUT2D eigenvalue weighted by atomic mass is 9.79. The number of rotatable bonds is 5. The molecule has 1 aliphatic rings. The summed E-state index contributed by atoms with van der Waals surface area (Å²) >= 11 is 0. The summed E-state index contributed by atoms with van der Waals surface area (Å²) in [6.45, 7) is -0.343. The van der Waals surface area contributed by atoms with Crippen LogP contribution in [0.2, 0.25) is 0 Å². The van der Waals surface area contributed by atoms with Crippen LogP contribution in [-0.4, -0.2) is 48.6 Å².